The molecule has 2 rings (SSSR count). The standard InChI is InChI=1S/C12H16Cl2N2/c1-2-9-5-6-16(7-9)8-11-10(13)3-4-12(14)15-11/h3-4,9H,2,5-8H2,1H3. The Morgan fingerprint density at radius 3 is 2.94 bits per heavy atom. The van der Waals surface area contributed by atoms with Gasteiger partial charge >= 0.3 is 0 Å². The molecule has 1 aliphatic rings. The van der Waals surface area contributed by atoms with Crippen molar-refractivity contribution < 1.29 is 0 Å². The Balaban J connectivity index is 2.01. The highest BCUT2D eigenvalue weighted by molar-refractivity contribution is 6.32. The number of rotatable bonds is 3. The van der Waals surface area contributed by atoms with Crippen LogP contribution in [0.3, 0.4) is 0 Å². The lowest BCUT2D eigenvalue weighted by molar-refractivity contribution is 0.311. The van der Waals surface area contributed by atoms with E-state index in [-0.39, 0.29) is 0 Å². The van der Waals surface area contributed by atoms with Crippen molar-refractivity contribution in [2.75, 3.05) is 13.1 Å². The third kappa shape index (κ3) is 2.88. The van der Waals surface area contributed by atoms with E-state index in [2.05, 4.69) is 16.8 Å². The maximum atomic E-state index is 6.10. The van der Waals surface area contributed by atoms with Crippen LogP contribution in [0.15, 0.2) is 12.1 Å². The fourth-order valence-corrected chi connectivity index (χ4v) is 2.50. The quantitative estimate of drug-likeness (QED) is 0.771. The molecule has 4 heteroatoms. The molecule has 0 radical (unpaired) electrons. The number of hydrogen-bond acceptors (Lipinski definition) is 2. The smallest absolute Gasteiger partial charge is 0.129 e. The van der Waals surface area contributed by atoms with E-state index < -0.39 is 0 Å². The summed E-state index contributed by atoms with van der Waals surface area (Å²) >= 11 is 12.0. The molecular formula is C12H16Cl2N2. The molecule has 16 heavy (non-hydrogen) atoms. The number of nitrogens with zero attached hydrogens (tertiary/aromatic N) is 2. The van der Waals surface area contributed by atoms with E-state index in [4.69, 9.17) is 23.2 Å². The highest BCUT2D eigenvalue weighted by atomic mass is 35.5. The molecule has 2 heterocycles. The highest BCUT2D eigenvalue weighted by Gasteiger charge is 2.21. The van der Waals surface area contributed by atoms with Gasteiger partial charge in [-0.3, -0.25) is 4.90 Å². The Bertz CT molecular complexity index is 368. The van der Waals surface area contributed by atoms with Crippen molar-refractivity contribution in [3.63, 3.8) is 0 Å². The predicted octanol–water partition coefficient (Wildman–Crippen LogP) is 3.62. The van der Waals surface area contributed by atoms with E-state index in [0.717, 1.165) is 31.2 Å². The fourth-order valence-electron chi connectivity index (χ4n) is 2.17. The second kappa shape index (κ2) is 5.35. The third-order valence-electron chi connectivity index (χ3n) is 3.21. The topological polar surface area (TPSA) is 16.1 Å². The third-order valence-corrected chi connectivity index (χ3v) is 3.76. The van der Waals surface area contributed by atoms with Gasteiger partial charge in [0.1, 0.15) is 5.15 Å². The summed E-state index contributed by atoms with van der Waals surface area (Å²) in [6.07, 6.45) is 2.54. The minimum absolute atomic E-state index is 0.519. The SMILES string of the molecule is CCC1CCN(Cc2nc(Cl)ccc2Cl)C1. The minimum Gasteiger partial charge on any atom is -0.297 e. The molecule has 0 amide bonds. The molecule has 1 aliphatic heterocycles. The first-order chi connectivity index (χ1) is 7.69. The van der Waals surface area contributed by atoms with Crippen LogP contribution in [0.5, 0.6) is 0 Å². The zero-order chi connectivity index (χ0) is 11.5. The van der Waals surface area contributed by atoms with Crippen molar-refractivity contribution in [2.45, 2.75) is 26.3 Å². The van der Waals surface area contributed by atoms with Crippen molar-refractivity contribution in [3.8, 4) is 0 Å². The Labute approximate surface area is 107 Å². The van der Waals surface area contributed by atoms with Gasteiger partial charge in [0.2, 0.25) is 0 Å². The average molecular weight is 259 g/mol. The van der Waals surface area contributed by atoms with E-state index in [0.29, 0.717) is 10.2 Å². The fraction of sp³-hybridized carbons (Fsp3) is 0.583. The molecular weight excluding hydrogens is 243 g/mol. The molecule has 0 N–H and O–H groups in total. The summed E-state index contributed by atoms with van der Waals surface area (Å²) in [6, 6.07) is 3.55. The maximum absolute atomic E-state index is 6.10. The van der Waals surface area contributed by atoms with Gasteiger partial charge in [-0.2, -0.15) is 0 Å². The van der Waals surface area contributed by atoms with Crippen LogP contribution in [0.1, 0.15) is 25.5 Å². The lowest BCUT2D eigenvalue weighted by Crippen LogP contribution is -2.20. The van der Waals surface area contributed by atoms with E-state index in [1.54, 1.807) is 6.07 Å². The van der Waals surface area contributed by atoms with Crippen LogP contribution >= 0.6 is 23.2 Å². The summed E-state index contributed by atoms with van der Waals surface area (Å²) in [6.45, 7) is 5.36. The van der Waals surface area contributed by atoms with Gasteiger partial charge in [-0.05, 0) is 31.0 Å². The molecule has 2 nitrogen and oxygen atoms in total. The molecule has 1 aromatic rings. The van der Waals surface area contributed by atoms with Gasteiger partial charge in [-0.15, -0.1) is 0 Å². The number of pyridine rings is 1. The van der Waals surface area contributed by atoms with Crippen LogP contribution < -0.4 is 0 Å². The van der Waals surface area contributed by atoms with Crippen molar-refractivity contribution in [3.05, 3.63) is 28.0 Å². The minimum atomic E-state index is 0.519. The Morgan fingerprint density at radius 1 is 1.44 bits per heavy atom. The van der Waals surface area contributed by atoms with Crippen LogP contribution in [0.25, 0.3) is 0 Å². The van der Waals surface area contributed by atoms with Crippen molar-refractivity contribution in [2.24, 2.45) is 5.92 Å². The van der Waals surface area contributed by atoms with Crippen LogP contribution in [-0.2, 0) is 6.54 Å². The number of hydrogen-bond donors (Lipinski definition) is 0. The summed E-state index contributed by atoms with van der Waals surface area (Å²) in [5.41, 5.74) is 0.894. The van der Waals surface area contributed by atoms with Gasteiger partial charge in [-0.1, -0.05) is 36.5 Å². The van der Waals surface area contributed by atoms with Gasteiger partial charge in [-0.25, -0.2) is 4.98 Å². The molecule has 0 spiro atoms. The molecule has 1 aromatic heterocycles. The second-order valence-electron chi connectivity index (χ2n) is 4.36. The van der Waals surface area contributed by atoms with Gasteiger partial charge in [0.25, 0.3) is 0 Å². The van der Waals surface area contributed by atoms with E-state index >= 15 is 0 Å². The maximum Gasteiger partial charge on any atom is 0.129 e. The first-order valence-corrected chi connectivity index (χ1v) is 6.48. The van der Waals surface area contributed by atoms with Crippen molar-refractivity contribution >= 4 is 23.2 Å². The normalized spacial score (nSPS) is 21.6. The monoisotopic (exact) mass is 258 g/mol. The molecule has 0 saturated carbocycles. The summed E-state index contributed by atoms with van der Waals surface area (Å²) < 4.78 is 0. The molecule has 0 aromatic carbocycles. The van der Waals surface area contributed by atoms with Gasteiger partial charge in [0, 0.05) is 13.1 Å². The number of likely N-dealkylation sites (tertiary alicyclic amines) is 1. The molecule has 0 aliphatic carbocycles. The van der Waals surface area contributed by atoms with Crippen LogP contribution in [0, 0.1) is 5.92 Å². The van der Waals surface area contributed by atoms with Crippen molar-refractivity contribution in [1.29, 1.82) is 0 Å². The zero-order valence-corrected chi connectivity index (χ0v) is 10.9. The summed E-state index contributed by atoms with van der Waals surface area (Å²) in [7, 11) is 0. The lowest BCUT2D eigenvalue weighted by Gasteiger charge is -2.15. The Kier molecular flexibility index (Phi) is 4.06. The molecule has 0 bridgehead atoms. The largest absolute Gasteiger partial charge is 0.297 e. The Hall–Kier alpha value is -0.310. The molecule has 88 valence electrons. The van der Waals surface area contributed by atoms with Crippen LogP contribution in [-0.4, -0.2) is 23.0 Å². The number of aromatic nitrogens is 1. The first kappa shape index (κ1) is 12.2. The molecule has 1 unspecified atom stereocenters. The van der Waals surface area contributed by atoms with Crippen LogP contribution in [0.2, 0.25) is 10.2 Å². The second-order valence-corrected chi connectivity index (χ2v) is 5.16. The predicted molar refractivity (Wildman–Crippen MR) is 67.9 cm³/mol. The highest BCUT2D eigenvalue weighted by Crippen LogP contribution is 2.23. The number of halogens is 2. The first-order valence-electron chi connectivity index (χ1n) is 5.72. The lowest BCUT2D eigenvalue weighted by atomic mass is 10.1. The van der Waals surface area contributed by atoms with Crippen LogP contribution in [0.4, 0.5) is 0 Å². The Morgan fingerprint density at radius 2 is 2.25 bits per heavy atom. The molecule has 1 atom stereocenters. The van der Waals surface area contributed by atoms with E-state index in [9.17, 15) is 0 Å². The van der Waals surface area contributed by atoms with Gasteiger partial charge in [0.15, 0.2) is 0 Å². The average Bonchev–Trinajstić information content (AvgIpc) is 2.71. The van der Waals surface area contributed by atoms with Gasteiger partial charge in [0.05, 0.1) is 10.7 Å². The summed E-state index contributed by atoms with van der Waals surface area (Å²) in [5.74, 6) is 0.831. The zero-order valence-electron chi connectivity index (χ0n) is 9.42. The summed E-state index contributed by atoms with van der Waals surface area (Å²) in [4.78, 5) is 6.68. The van der Waals surface area contributed by atoms with E-state index in [1.165, 1.54) is 12.8 Å². The molecule has 1 saturated heterocycles. The van der Waals surface area contributed by atoms with Gasteiger partial charge < -0.3 is 0 Å². The van der Waals surface area contributed by atoms with E-state index in [1.807, 2.05) is 6.07 Å². The van der Waals surface area contributed by atoms with Crippen molar-refractivity contribution in [1.82, 2.24) is 9.88 Å². The molecule has 1 fully saturated rings. The summed E-state index contributed by atoms with van der Waals surface area (Å²) in [5, 5.41) is 1.23.